The molecule has 2 atom stereocenters. The molecule has 1 heterocycles. The molecule has 0 saturated carbocycles. The molecule has 1 aliphatic rings. The number of ether oxygens (including phenoxy) is 1. The third-order valence-corrected chi connectivity index (χ3v) is 5.37. The number of amides is 1. The largest absolute Gasteiger partial charge is 0.496 e. The Kier molecular flexibility index (Phi) is 5.94. The van der Waals surface area contributed by atoms with Crippen LogP contribution in [-0.2, 0) is 4.79 Å². The number of para-hydroxylation sites is 1. The van der Waals surface area contributed by atoms with Gasteiger partial charge in [0.05, 0.1) is 13.2 Å². The van der Waals surface area contributed by atoms with E-state index < -0.39 is 0 Å². The lowest BCUT2D eigenvalue weighted by Crippen LogP contribution is -2.34. The molecular formula is C22H28N2O2. The third-order valence-electron chi connectivity index (χ3n) is 5.37. The second-order valence-electron chi connectivity index (χ2n) is 7.00. The van der Waals surface area contributed by atoms with Gasteiger partial charge in [0.25, 0.3) is 0 Å². The molecule has 4 nitrogen and oxygen atoms in total. The van der Waals surface area contributed by atoms with Crippen LogP contribution in [0.15, 0.2) is 48.5 Å². The Labute approximate surface area is 156 Å². The summed E-state index contributed by atoms with van der Waals surface area (Å²) in [7, 11) is 3.59. The smallest absolute Gasteiger partial charge is 0.224 e. The maximum absolute atomic E-state index is 12.6. The molecule has 3 rings (SSSR count). The fourth-order valence-corrected chi connectivity index (χ4v) is 3.55. The highest BCUT2D eigenvalue weighted by atomic mass is 16.5. The van der Waals surface area contributed by atoms with Gasteiger partial charge in [-0.3, -0.25) is 4.79 Å². The molecule has 2 aromatic rings. The summed E-state index contributed by atoms with van der Waals surface area (Å²) in [6.45, 7) is 3.11. The van der Waals surface area contributed by atoms with Gasteiger partial charge in [-0.1, -0.05) is 42.5 Å². The van der Waals surface area contributed by atoms with Gasteiger partial charge in [-0.2, -0.15) is 0 Å². The van der Waals surface area contributed by atoms with Crippen molar-refractivity contribution in [1.82, 2.24) is 10.2 Å². The maximum Gasteiger partial charge on any atom is 0.224 e. The van der Waals surface area contributed by atoms with Crippen molar-refractivity contribution >= 4 is 5.91 Å². The zero-order chi connectivity index (χ0) is 18.5. The van der Waals surface area contributed by atoms with Crippen molar-refractivity contribution in [3.8, 4) is 16.9 Å². The summed E-state index contributed by atoms with van der Waals surface area (Å²) in [5.41, 5.74) is 3.33. The first-order valence-corrected chi connectivity index (χ1v) is 9.32. The van der Waals surface area contributed by atoms with Crippen LogP contribution in [0.3, 0.4) is 0 Å². The van der Waals surface area contributed by atoms with Gasteiger partial charge in [0, 0.05) is 25.1 Å². The summed E-state index contributed by atoms with van der Waals surface area (Å²) < 4.78 is 5.45. The summed E-state index contributed by atoms with van der Waals surface area (Å²) in [6, 6.07) is 16.8. The SMILES string of the molecule is COc1ccccc1-c1ccc(C(C)N(C)C(=O)CC2CCCN2)cc1. The van der Waals surface area contributed by atoms with E-state index in [1.54, 1.807) is 7.11 Å². The molecule has 138 valence electrons. The van der Waals surface area contributed by atoms with Crippen LogP contribution in [0.5, 0.6) is 5.75 Å². The molecule has 0 radical (unpaired) electrons. The first kappa shape index (κ1) is 18.5. The second kappa shape index (κ2) is 8.37. The van der Waals surface area contributed by atoms with Gasteiger partial charge in [-0.25, -0.2) is 0 Å². The van der Waals surface area contributed by atoms with E-state index in [0.29, 0.717) is 12.5 Å². The number of benzene rings is 2. The van der Waals surface area contributed by atoms with Crippen LogP contribution in [0.25, 0.3) is 11.1 Å². The highest BCUT2D eigenvalue weighted by Crippen LogP contribution is 2.31. The van der Waals surface area contributed by atoms with Crippen molar-refractivity contribution in [3.05, 3.63) is 54.1 Å². The van der Waals surface area contributed by atoms with Crippen molar-refractivity contribution < 1.29 is 9.53 Å². The van der Waals surface area contributed by atoms with Gasteiger partial charge in [-0.05, 0) is 43.5 Å². The van der Waals surface area contributed by atoms with Crippen molar-refractivity contribution in [2.45, 2.75) is 38.3 Å². The van der Waals surface area contributed by atoms with Crippen molar-refractivity contribution in [3.63, 3.8) is 0 Å². The average molecular weight is 352 g/mol. The van der Waals surface area contributed by atoms with Crippen molar-refractivity contribution in [2.24, 2.45) is 0 Å². The highest BCUT2D eigenvalue weighted by Gasteiger charge is 2.23. The molecule has 1 saturated heterocycles. The van der Waals surface area contributed by atoms with E-state index in [1.807, 2.05) is 30.1 Å². The summed E-state index contributed by atoms with van der Waals surface area (Å²) >= 11 is 0. The van der Waals surface area contributed by atoms with Gasteiger partial charge in [0.1, 0.15) is 5.75 Å². The van der Waals surface area contributed by atoms with E-state index in [-0.39, 0.29) is 11.9 Å². The predicted octanol–water partition coefficient (Wildman–Crippen LogP) is 4.02. The maximum atomic E-state index is 12.6. The number of hydrogen-bond acceptors (Lipinski definition) is 3. The third kappa shape index (κ3) is 4.07. The molecule has 0 spiro atoms. The van der Waals surface area contributed by atoms with Crippen molar-refractivity contribution in [1.29, 1.82) is 0 Å². The van der Waals surface area contributed by atoms with Crippen LogP contribution in [-0.4, -0.2) is 37.6 Å². The molecule has 1 aliphatic heterocycles. The Bertz CT molecular complexity index is 736. The molecule has 1 amide bonds. The molecule has 2 aromatic carbocycles. The molecule has 4 heteroatoms. The van der Waals surface area contributed by atoms with Gasteiger partial charge in [-0.15, -0.1) is 0 Å². The van der Waals surface area contributed by atoms with Crippen LogP contribution in [0, 0.1) is 0 Å². The zero-order valence-electron chi connectivity index (χ0n) is 15.9. The molecule has 2 unspecified atom stereocenters. The minimum Gasteiger partial charge on any atom is -0.496 e. The number of hydrogen-bond donors (Lipinski definition) is 1. The summed E-state index contributed by atoms with van der Waals surface area (Å²) in [5.74, 6) is 1.07. The van der Waals surface area contributed by atoms with Gasteiger partial charge >= 0.3 is 0 Å². The van der Waals surface area contributed by atoms with Crippen LogP contribution in [0.1, 0.15) is 37.8 Å². The number of nitrogens with zero attached hydrogens (tertiary/aromatic N) is 1. The van der Waals surface area contributed by atoms with Crippen LogP contribution < -0.4 is 10.1 Å². The van der Waals surface area contributed by atoms with Crippen LogP contribution >= 0.6 is 0 Å². The molecule has 26 heavy (non-hydrogen) atoms. The van der Waals surface area contributed by atoms with E-state index in [2.05, 4.69) is 42.6 Å². The Morgan fingerprint density at radius 3 is 2.62 bits per heavy atom. The standard InChI is InChI=1S/C22H28N2O2/c1-16(24(2)22(25)15-19-7-6-14-23-19)17-10-12-18(13-11-17)20-8-4-5-9-21(20)26-3/h4-5,8-13,16,19,23H,6-7,14-15H2,1-3H3. The fourth-order valence-electron chi connectivity index (χ4n) is 3.55. The number of carbonyl (C=O) groups is 1. The Morgan fingerprint density at radius 1 is 1.23 bits per heavy atom. The quantitative estimate of drug-likeness (QED) is 0.854. The second-order valence-corrected chi connectivity index (χ2v) is 7.00. The topological polar surface area (TPSA) is 41.6 Å². The van der Waals surface area contributed by atoms with E-state index in [1.165, 1.54) is 6.42 Å². The number of rotatable bonds is 6. The zero-order valence-corrected chi connectivity index (χ0v) is 15.9. The molecular weight excluding hydrogens is 324 g/mol. The summed E-state index contributed by atoms with van der Waals surface area (Å²) in [6.07, 6.45) is 2.85. The average Bonchev–Trinajstić information content (AvgIpc) is 3.20. The molecule has 1 fully saturated rings. The molecule has 1 N–H and O–H groups in total. The lowest BCUT2D eigenvalue weighted by Gasteiger charge is -2.27. The van der Waals surface area contributed by atoms with E-state index in [9.17, 15) is 4.79 Å². The fraction of sp³-hybridized carbons (Fsp3) is 0.409. The lowest BCUT2D eigenvalue weighted by atomic mass is 10.00. The van der Waals surface area contributed by atoms with E-state index in [4.69, 9.17) is 4.74 Å². The Morgan fingerprint density at radius 2 is 1.96 bits per heavy atom. The first-order valence-electron chi connectivity index (χ1n) is 9.32. The highest BCUT2D eigenvalue weighted by molar-refractivity contribution is 5.77. The Balaban J connectivity index is 1.70. The summed E-state index contributed by atoms with van der Waals surface area (Å²) in [4.78, 5) is 14.4. The van der Waals surface area contributed by atoms with Crippen LogP contribution in [0.4, 0.5) is 0 Å². The number of carbonyl (C=O) groups excluding carboxylic acids is 1. The molecule has 0 aromatic heterocycles. The van der Waals surface area contributed by atoms with Gasteiger partial charge < -0.3 is 15.0 Å². The Hall–Kier alpha value is -2.33. The van der Waals surface area contributed by atoms with Crippen molar-refractivity contribution in [2.75, 3.05) is 20.7 Å². The van der Waals surface area contributed by atoms with E-state index in [0.717, 1.165) is 35.4 Å². The lowest BCUT2D eigenvalue weighted by molar-refractivity contribution is -0.132. The minimum absolute atomic E-state index is 0.0515. The van der Waals surface area contributed by atoms with Gasteiger partial charge in [0.15, 0.2) is 0 Å². The van der Waals surface area contributed by atoms with Gasteiger partial charge in [0.2, 0.25) is 5.91 Å². The molecule has 0 aliphatic carbocycles. The normalized spacial score (nSPS) is 17.7. The van der Waals surface area contributed by atoms with Crippen LogP contribution in [0.2, 0.25) is 0 Å². The molecule has 0 bridgehead atoms. The minimum atomic E-state index is 0.0515. The monoisotopic (exact) mass is 352 g/mol. The first-order chi connectivity index (χ1) is 12.6. The number of methoxy groups -OCH3 is 1. The predicted molar refractivity (Wildman–Crippen MR) is 105 cm³/mol. The van der Waals surface area contributed by atoms with E-state index >= 15 is 0 Å². The number of nitrogens with one attached hydrogen (secondary N) is 1. The summed E-state index contributed by atoms with van der Waals surface area (Å²) in [5, 5.41) is 3.40.